The normalized spacial score (nSPS) is 12.0. The molecule has 0 aliphatic rings. The molecule has 0 amide bonds. The van der Waals surface area contributed by atoms with Gasteiger partial charge >= 0.3 is 0 Å². The van der Waals surface area contributed by atoms with E-state index in [1.54, 1.807) is 11.3 Å². The van der Waals surface area contributed by atoms with Crippen LogP contribution in [0.5, 0.6) is 0 Å². The van der Waals surface area contributed by atoms with Crippen molar-refractivity contribution in [3.8, 4) is 0 Å². The molecule has 0 radical (unpaired) electrons. The van der Waals surface area contributed by atoms with Crippen molar-refractivity contribution in [2.75, 3.05) is 19.6 Å². The topological polar surface area (TPSA) is 49.3 Å². The Morgan fingerprint density at radius 1 is 1.19 bits per heavy atom. The van der Waals surface area contributed by atoms with Crippen LogP contribution in [-0.2, 0) is 6.42 Å². The molecule has 1 aromatic heterocycles. The van der Waals surface area contributed by atoms with Crippen molar-refractivity contribution in [1.29, 1.82) is 0 Å². The first-order valence-corrected chi connectivity index (χ1v) is 8.87. The molecule has 120 valence electrons. The molecule has 1 heterocycles. The molecule has 0 fully saturated rings. The van der Waals surface area contributed by atoms with Crippen molar-refractivity contribution >= 4 is 17.3 Å². The molecule has 0 spiro atoms. The number of nitrogens with zero attached hydrogens (tertiary/aromatic N) is 2. The van der Waals surface area contributed by atoms with E-state index in [9.17, 15) is 0 Å². The second kappa shape index (κ2) is 9.77. The Hall–Kier alpha value is -1.10. The number of nitrogens with one attached hydrogen (secondary N) is 2. The molecule has 2 N–H and O–H groups in total. The molecule has 0 bridgehead atoms. The minimum Gasteiger partial charge on any atom is -0.357 e. The lowest BCUT2D eigenvalue weighted by molar-refractivity contribution is 0.504. The van der Waals surface area contributed by atoms with Crippen LogP contribution in [-0.4, -0.2) is 30.6 Å². The van der Waals surface area contributed by atoms with Gasteiger partial charge in [0.1, 0.15) is 0 Å². The van der Waals surface area contributed by atoms with Gasteiger partial charge in [-0.1, -0.05) is 26.7 Å². The van der Waals surface area contributed by atoms with Gasteiger partial charge in [-0.15, -0.1) is 11.3 Å². The average Bonchev–Trinajstić information content (AvgIpc) is 2.78. The van der Waals surface area contributed by atoms with Crippen molar-refractivity contribution in [3.05, 3.63) is 15.6 Å². The van der Waals surface area contributed by atoms with Gasteiger partial charge in [-0.05, 0) is 26.7 Å². The van der Waals surface area contributed by atoms with Crippen LogP contribution >= 0.6 is 11.3 Å². The molecule has 0 saturated heterocycles. The lowest BCUT2D eigenvalue weighted by atomic mass is 10.0. The van der Waals surface area contributed by atoms with Gasteiger partial charge in [-0.3, -0.25) is 4.99 Å². The summed E-state index contributed by atoms with van der Waals surface area (Å²) in [4.78, 5) is 10.6. The van der Waals surface area contributed by atoms with Crippen LogP contribution in [0.15, 0.2) is 4.99 Å². The number of aryl methyl sites for hydroxylation is 2. The number of aromatic nitrogens is 1. The molecule has 0 atom stereocenters. The van der Waals surface area contributed by atoms with E-state index in [-0.39, 0.29) is 0 Å². The van der Waals surface area contributed by atoms with E-state index < -0.39 is 0 Å². The highest BCUT2D eigenvalue weighted by Gasteiger charge is 2.05. The maximum atomic E-state index is 4.69. The molecule has 4 nitrogen and oxygen atoms in total. The second-order valence-corrected chi connectivity index (χ2v) is 6.62. The molecule has 0 saturated carbocycles. The molecule has 1 rings (SSSR count). The van der Waals surface area contributed by atoms with Gasteiger partial charge in [-0.25, -0.2) is 4.98 Å². The standard InChI is InChI=1S/C16H30N4S/c1-6-14(7-2)11-19-16(17-8-3)18-10-9-15-20-12(4)13(5)21-15/h14H,6-11H2,1-5H3,(H2,17,18,19). The number of rotatable bonds is 8. The Labute approximate surface area is 133 Å². The molecular weight excluding hydrogens is 280 g/mol. The fourth-order valence-corrected chi connectivity index (χ4v) is 2.98. The third kappa shape index (κ3) is 6.46. The maximum Gasteiger partial charge on any atom is 0.191 e. The molecule has 0 unspecified atom stereocenters. The molecule has 21 heavy (non-hydrogen) atoms. The van der Waals surface area contributed by atoms with Gasteiger partial charge in [0.2, 0.25) is 0 Å². The largest absolute Gasteiger partial charge is 0.357 e. The van der Waals surface area contributed by atoms with Gasteiger partial charge in [0.05, 0.1) is 10.7 Å². The van der Waals surface area contributed by atoms with Crippen molar-refractivity contribution < 1.29 is 0 Å². The fraction of sp³-hybridized carbons (Fsp3) is 0.750. The average molecular weight is 311 g/mol. The predicted molar refractivity (Wildman–Crippen MR) is 93.3 cm³/mol. The number of hydrogen-bond donors (Lipinski definition) is 2. The van der Waals surface area contributed by atoms with Crippen LogP contribution < -0.4 is 10.6 Å². The summed E-state index contributed by atoms with van der Waals surface area (Å²) in [5.41, 5.74) is 1.16. The van der Waals surface area contributed by atoms with Gasteiger partial charge in [-0.2, -0.15) is 0 Å². The Balaban J connectivity index is 2.44. The summed E-state index contributed by atoms with van der Waals surface area (Å²) >= 11 is 1.79. The number of hydrogen-bond acceptors (Lipinski definition) is 3. The first-order valence-electron chi connectivity index (χ1n) is 8.05. The monoisotopic (exact) mass is 310 g/mol. The highest BCUT2D eigenvalue weighted by molar-refractivity contribution is 7.11. The lowest BCUT2D eigenvalue weighted by Gasteiger charge is -2.13. The zero-order valence-corrected chi connectivity index (χ0v) is 14.9. The SMILES string of the molecule is CCNC(=NCC(CC)CC)NCCc1nc(C)c(C)s1. The van der Waals surface area contributed by atoms with E-state index in [0.29, 0.717) is 5.92 Å². The minimum absolute atomic E-state index is 0.685. The summed E-state index contributed by atoms with van der Waals surface area (Å²) in [6.07, 6.45) is 3.34. The smallest absolute Gasteiger partial charge is 0.191 e. The third-order valence-corrected chi connectivity index (χ3v) is 4.84. The van der Waals surface area contributed by atoms with Crippen molar-refractivity contribution in [2.24, 2.45) is 10.9 Å². The lowest BCUT2D eigenvalue weighted by Crippen LogP contribution is -2.38. The van der Waals surface area contributed by atoms with Crippen molar-refractivity contribution in [1.82, 2.24) is 15.6 Å². The van der Waals surface area contributed by atoms with E-state index >= 15 is 0 Å². The Morgan fingerprint density at radius 3 is 2.43 bits per heavy atom. The van der Waals surface area contributed by atoms with Crippen LogP contribution in [0.25, 0.3) is 0 Å². The molecule has 0 aliphatic heterocycles. The van der Waals surface area contributed by atoms with E-state index in [4.69, 9.17) is 0 Å². The predicted octanol–water partition coefficient (Wildman–Crippen LogP) is 3.29. The zero-order chi connectivity index (χ0) is 15.7. The quantitative estimate of drug-likeness (QED) is 0.572. The van der Waals surface area contributed by atoms with E-state index in [1.165, 1.54) is 22.7 Å². The molecule has 0 aliphatic carbocycles. The van der Waals surface area contributed by atoms with Gasteiger partial charge in [0, 0.05) is 30.9 Å². The Bertz CT molecular complexity index is 416. The third-order valence-electron chi connectivity index (χ3n) is 3.71. The molecule has 5 heteroatoms. The molecule has 1 aromatic rings. The zero-order valence-electron chi connectivity index (χ0n) is 14.1. The highest BCUT2D eigenvalue weighted by Crippen LogP contribution is 2.16. The summed E-state index contributed by atoms with van der Waals surface area (Å²) in [5, 5.41) is 7.92. The van der Waals surface area contributed by atoms with Crippen LogP contribution in [0, 0.1) is 19.8 Å². The summed E-state index contributed by atoms with van der Waals surface area (Å²) < 4.78 is 0. The minimum atomic E-state index is 0.685. The molecule has 0 aromatic carbocycles. The van der Waals surface area contributed by atoms with E-state index in [1.807, 2.05) is 0 Å². The fourth-order valence-electron chi connectivity index (χ4n) is 2.04. The first kappa shape index (κ1) is 18.0. The van der Waals surface area contributed by atoms with Gasteiger partial charge in [0.15, 0.2) is 5.96 Å². The van der Waals surface area contributed by atoms with Crippen LogP contribution in [0.1, 0.15) is 49.2 Å². The van der Waals surface area contributed by atoms with Crippen LogP contribution in [0.3, 0.4) is 0 Å². The van der Waals surface area contributed by atoms with Gasteiger partial charge < -0.3 is 10.6 Å². The summed E-state index contributed by atoms with van der Waals surface area (Å²) in [5.74, 6) is 1.61. The van der Waals surface area contributed by atoms with Crippen molar-refractivity contribution in [3.63, 3.8) is 0 Å². The summed E-state index contributed by atoms with van der Waals surface area (Å²) in [7, 11) is 0. The summed E-state index contributed by atoms with van der Waals surface area (Å²) in [6, 6.07) is 0. The highest BCUT2D eigenvalue weighted by atomic mass is 32.1. The number of thiazole rings is 1. The number of aliphatic imine (C=N–C) groups is 1. The van der Waals surface area contributed by atoms with Crippen molar-refractivity contribution in [2.45, 2.75) is 53.9 Å². The van der Waals surface area contributed by atoms with Crippen LogP contribution in [0.2, 0.25) is 0 Å². The van der Waals surface area contributed by atoms with Crippen LogP contribution in [0.4, 0.5) is 0 Å². The molecular formula is C16H30N4S. The van der Waals surface area contributed by atoms with E-state index in [2.05, 4.69) is 55.2 Å². The Morgan fingerprint density at radius 2 is 1.90 bits per heavy atom. The second-order valence-electron chi connectivity index (χ2n) is 5.33. The first-order chi connectivity index (χ1) is 10.1. The summed E-state index contributed by atoms with van der Waals surface area (Å²) in [6.45, 7) is 13.4. The number of guanidine groups is 1. The maximum absolute atomic E-state index is 4.69. The van der Waals surface area contributed by atoms with Gasteiger partial charge in [0.25, 0.3) is 0 Å². The Kier molecular flexibility index (Phi) is 8.35. The van der Waals surface area contributed by atoms with E-state index in [0.717, 1.165) is 37.7 Å².